The molecule has 7 heteroatoms. The zero-order valence-electron chi connectivity index (χ0n) is 12.1. The molecule has 0 saturated heterocycles. The molecule has 0 aliphatic heterocycles. The van der Waals surface area contributed by atoms with Crippen LogP contribution in [-0.4, -0.2) is 18.1 Å². The van der Waals surface area contributed by atoms with E-state index >= 15 is 0 Å². The largest absolute Gasteiger partial charge is 0.496 e. The average Bonchev–Trinajstić information content (AvgIpc) is 2.49. The van der Waals surface area contributed by atoms with Crippen molar-refractivity contribution in [1.82, 2.24) is 0 Å². The Labute approximate surface area is 127 Å². The van der Waals surface area contributed by atoms with E-state index in [1.165, 1.54) is 25.3 Å². The predicted molar refractivity (Wildman–Crippen MR) is 83.5 cm³/mol. The standard InChI is InChI=1S/C15H15N3O4/c1-10-3-5-11(6-4-10)16-15(19)17-13-8-7-12(22-2)9-14(13)18(20)21/h3-9H,1-2H3,(H2,16,17,19). The van der Waals surface area contributed by atoms with Gasteiger partial charge in [0.05, 0.1) is 18.1 Å². The Morgan fingerprint density at radius 2 is 1.82 bits per heavy atom. The van der Waals surface area contributed by atoms with Crippen molar-refractivity contribution in [3.05, 3.63) is 58.1 Å². The van der Waals surface area contributed by atoms with Crippen molar-refractivity contribution >= 4 is 23.1 Å². The maximum absolute atomic E-state index is 11.9. The van der Waals surface area contributed by atoms with Crippen LogP contribution in [-0.2, 0) is 0 Å². The molecule has 0 aliphatic rings. The summed E-state index contributed by atoms with van der Waals surface area (Å²) in [5.74, 6) is 0.344. The van der Waals surface area contributed by atoms with Gasteiger partial charge in [-0.05, 0) is 31.2 Å². The van der Waals surface area contributed by atoms with E-state index in [1.807, 2.05) is 19.1 Å². The summed E-state index contributed by atoms with van der Waals surface area (Å²) in [5, 5.41) is 16.1. The molecular weight excluding hydrogens is 286 g/mol. The van der Waals surface area contributed by atoms with Crippen molar-refractivity contribution in [1.29, 1.82) is 0 Å². The molecule has 0 aromatic heterocycles. The number of nitro groups is 1. The molecule has 0 bridgehead atoms. The minimum atomic E-state index is -0.579. The van der Waals surface area contributed by atoms with Gasteiger partial charge in [0, 0.05) is 5.69 Å². The Balaban J connectivity index is 2.14. The summed E-state index contributed by atoms with van der Waals surface area (Å²) >= 11 is 0. The van der Waals surface area contributed by atoms with E-state index in [1.54, 1.807) is 12.1 Å². The fraction of sp³-hybridized carbons (Fsp3) is 0.133. The fourth-order valence-electron chi connectivity index (χ4n) is 1.82. The topological polar surface area (TPSA) is 93.5 Å². The number of carbonyl (C=O) groups is 1. The number of hydrogen-bond donors (Lipinski definition) is 2. The van der Waals surface area contributed by atoms with Crippen molar-refractivity contribution in [2.45, 2.75) is 6.92 Å². The number of urea groups is 1. The summed E-state index contributed by atoms with van der Waals surface area (Å²) in [7, 11) is 1.41. The van der Waals surface area contributed by atoms with Gasteiger partial charge in [0.25, 0.3) is 5.69 Å². The predicted octanol–water partition coefficient (Wildman–Crippen LogP) is 3.56. The highest BCUT2D eigenvalue weighted by Crippen LogP contribution is 2.29. The minimum Gasteiger partial charge on any atom is -0.496 e. The Morgan fingerprint density at radius 3 is 2.41 bits per heavy atom. The Bertz CT molecular complexity index is 698. The van der Waals surface area contributed by atoms with Gasteiger partial charge in [-0.1, -0.05) is 17.7 Å². The highest BCUT2D eigenvalue weighted by Gasteiger charge is 2.17. The van der Waals surface area contributed by atoms with Gasteiger partial charge in [0.15, 0.2) is 0 Å². The molecule has 7 nitrogen and oxygen atoms in total. The van der Waals surface area contributed by atoms with Gasteiger partial charge in [0.2, 0.25) is 0 Å². The molecule has 2 amide bonds. The van der Waals surface area contributed by atoms with Crippen molar-refractivity contribution < 1.29 is 14.5 Å². The molecule has 2 aromatic carbocycles. The summed E-state index contributed by atoms with van der Waals surface area (Å²) in [6.07, 6.45) is 0. The van der Waals surface area contributed by atoms with Crippen molar-refractivity contribution in [2.24, 2.45) is 0 Å². The van der Waals surface area contributed by atoms with E-state index in [2.05, 4.69) is 10.6 Å². The quantitative estimate of drug-likeness (QED) is 0.667. The zero-order valence-corrected chi connectivity index (χ0v) is 12.1. The van der Waals surface area contributed by atoms with E-state index in [-0.39, 0.29) is 11.4 Å². The number of aryl methyl sites for hydroxylation is 1. The summed E-state index contributed by atoms with van der Waals surface area (Å²) < 4.78 is 4.94. The molecule has 0 unspecified atom stereocenters. The van der Waals surface area contributed by atoms with E-state index in [9.17, 15) is 14.9 Å². The molecule has 0 spiro atoms. The van der Waals surface area contributed by atoms with Crippen LogP contribution in [0, 0.1) is 17.0 Å². The van der Waals surface area contributed by atoms with Crippen LogP contribution >= 0.6 is 0 Å². The van der Waals surface area contributed by atoms with E-state index in [0.717, 1.165) is 5.56 Å². The van der Waals surface area contributed by atoms with Crippen LogP contribution in [0.3, 0.4) is 0 Å². The summed E-state index contributed by atoms with van der Waals surface area (Å²) in [5.41, 5.74) is 1.52. The molecular formula is C15H15N3O4. The van der Waals surface area contributed by atoms with Crippen LogP contribution in [0.1, 0.15) is 5.56 Å². The number of nitrogens with zero attached hydrogens (tertiary/aromatic N) is 1. The minimum absolute atomic E-state index is 0.0930. The van der Waals surface area contributed by atoms with Crippen molar-refractivity contribution in [3.63, 3.8) is 0 Å². The number of rotatable bonds is 4. The highest BCUT2D eigenvalue weighted by molar-refractivity contribution is 6.01. The first-order chi connectivity index (χ1) is 10.5. The Kier molecular flexibility index (Phi) is 4.57. The van der Waals surface area contributed by atoms with E-state index in [0.29, 0.717) is 11.4 Å². The third kappa shape index (κ3) is 3.72. The Morgan fingerprint density at radius 1 is 1.14 bits per heavy atom. The number of ether oxygens (including phenoxy) is 1. The monoisotopic (exact) mass is 301 g/mol. The number of benzene rings is 2. The van der Waals surface area contributed by atoms with Gasteiger partial charge in [-0.3, -0.25) is 10.1 Å². The van der Waals surface area contributed by atoms with Crippen LogP contribution in [0.4, 0.5) is 21.9 Å². The lowest BCUT2D eigenvalue weighted by atomic mass is 10.2. The van der Waals surface area contributed by atoms with Gasteiger partial charge < -0.3 is 15.4 Å². The third-order valence-electron chi connectivity index (χ3n) is 2.96. The molecule has 2 aromatic rings. The number of hydrogen-bond acceptors (Lipinski definition) is 4. The lowest BCUT2D eigenvalue weighted by molar-refractivity contribution is -0.384. The van der Waals surface area contributed by atoms with Crippen LogP contribution in [0.2, 0.25) is 0 Å². The lowest BCUT2D eigenvalue weighted by Crippen LogP contribution is -2.20. The number of methoxy groups -OCH3 is 1. The normalized spacial score (nSPS) is 9.91. The highest BCUT2D eigenvalue weighted by atomic mass is 16.6. The van der Waals surface area contributed by atoms with Crippen LogP contribution < -0.4 is 15.4 Å². The van der Waals surface area contributed by atoms with E-state index < -0.39 is 11.0 Å². The zero-order chi connectivity index (χ0) is 16.1. The summed E-state index contributed by atoms with van der Waals surface area (Å²) in [4.78, 5) is 22.4. The fourth-order valence-corrected chi connectivity index (χ4v) is 1.82. The molecule has 0 atom stereocenters. The molecule has 0 radical (unpaired) electrons. The SMILES string of the molecule is COc1ccc(NC(=O)Nc2ccc(C)cc2)c([N+](=O)[O-])c1. The first-order valence-corrected chi connectivity index (χ1v) is 6.46. The van der Waals surface area contributed by atoms with Crippen LogP contribution in [0.15, 0.2) is 42.5 Å². The maximum atomic E-state index is 11.9. The molecule has 0 saturated carbocycles. The molecule has 2 rings (SSSR count). The van der Waals surface area contributed by atoms with Gasteiger partial charge in [-0.15, -0.1) is 0 Å². The number of carbonyl (C=O) groups excluding carboxylic acids is 1. The van der Waals surface area contributed by atoms with Crippen LogP contribution in [0.5, 0.6) is 5.75 Å². The molecule has 2 N–H and O–H groups in total. The smallest absolute Gasteiger partial charge is 0.323 e. The average molecular weight is 301 g/mol. The first-order valence-electron chi connectivity index (χ1n) is 6.46. The molecule has 22 heavy (non-hydrogen) atoms. The molecule has 0 fully saturated rings. The molecule has 114 valence electrons. The molecule has 0 heterocycles. The van der Waals surface area contributed by atoms with E-state index in [4.69, 9.17) is 4.74 Å². The second-order valence-corrected chi connectivity index (χ2v) is 4.59. The van der Waals surface area contributed by atoms with Gasteiger partial charge in [-0.25, -0.2) is 4.79 Å². The van der Waals surface area contributed by atoms with Gasteiger partial charge in [-0.2, -0.15) is 0 Å². The number of nitrogens with one attached hydrogen (secondary N) is 2. The van der Waals surface area contributed by atoms with Gasteiger partial charge >= 0.3 is 6.03 Å². The first kappa shape index (κ1) is 15.3. The van der Waals surface area contributed by atoms with Crippen LogP contribution in [0.25, 0.3) is 0 Å². The van der Waals surface area contributed by atoms with Crippen molar-refractivity contribution in [3.8, 4) is 5.75 Å². The summed E-state index contributed by atoms with van der Waals surface area (Å²) in [6, 6.07) is 10.9. The Hall–Kier alpha value is -3.09. The maximum Gasteiger partial charge on any atom is 0.323 e. The number of amides is 2. The van der Waals surface area contributed by atoms with Gasteiger partial charge in [0.1, 0.15) is 11.4 Å². The number of anilines is 2. The second-order valence-electron chi connectivity index (χ2n) is 4.59. The molecule has 0 aliphatic carbocycles. The number of nitro benzene ring substituents is 1. The second kappa shape index (κ2) is 6.57. The van der Waals surface area contributed by atoms with Crippen molar-refractivity contribution in [2.75, 3.05) is 17.7 Å². The third-order valence-corrected chi connectivity index (χ3v) is 2.96. The summed E-state index contributed by atoms with van der Waals surface area (Å²) in [6.45, 7) is 1.94. The lowest BCUT2D eigenvalue weighted by Gasteiger charge is -2.09.